The number of benzene rings is 2. The van der Waals surface area contributed by atoms with Crippen molar-refractivity contribution in [1.82, 2.24) is 10.2 Å². The molecule has 1 heterocycles. The molecule has 0 radical (unpaired) electrons. The molecule has 3 nitrogen and oxygen atoms in total. The molecule has 2 aromatic carbocycles. The number of carbonyl (C=O) groups is 1. The molecule has 110 valence electrons. The lowest BCUT2D eigenvalue weighted by Crippen LogP contribution is -2.31. The molecule has 1 saturated heterocycles. The van der Waals surface area contributed by atoms with Crippen LogP contribution in [-0.2, 0) is 11.2 Å². The van der Waals surface area contributed by atoms with Crippen molar-refractivity contribution in [3.05, 3.63) is 48.0 Å². The van der Waals surface area contributed by atoms with Gasteiger partial charge in [-0.15, -0.1) is 0 Å². The molecule has 0 bridgehead atoms. The van der Waals surface area contributed by atoms with E-state index in [4.69, 9.17) is 0 Å². The van der Waals surface area contributed by atoms with E-state index in [0.29, 0.717) is 12.3 Å². The van der Waals surface area contributed by atoms with E-state index in [1.165, 1.54) is 10.8 Å². The van der Waals surface area contributed by atoms with E-state index < -0.39 is 0 Å². The first-order valence-electron chi connectivity index (χ1n) is 7.66. The van der Waals surface area contributed by atoms with Gasteiger partial charge < -0.3 is 10.2 Å². The topological polar surface area (TPSA) is 32.3 Å². The summed E-state index contributed by atoms with van der Waals surface area (Å²) in [6.45, 7) is 2.80. The minimum absolute atomic E-state index is 0.254. The molecule has 2 aromatic rings. The molecule has 0 aromatic heterocycles. The van der Waals surface area contributed by atoms with Crippen molar-refractivity contribution in [2.24, 2.45) is 5.92 Å². The predicted octanol–water partition coefficient (Wildman–Crippen LogP) is 2.45. The monoisotopic (exact) mass is 282 g/mol. The fourth-order valence-electron chi connectivity index (χ4n) is 3.15. The molecule has 0 saturated carbocycles. The molecule has 0 aliphatic carbocycles. The third-order valence-corrected chi connectivity index (χ3v) is 4.30. The first-order chi connectivity index (χ1) is 10.3. The first kappa shape index (κ1) is 14.1. The minimum atomic E-state index is 0.254. The predicted molar refractivity (Wildman–Crippen MR) is 86.3 cm³/mol. The molecule has 3 heteroatoms. The van der Waals surface area contributed by atoms with Gasteiger partial charge in [0.2, 0.25) is 5.91 Å². The van der Waals surface area contributed by atoms with Gasteiger partial charge in [-0.25, -0.2) is 0 Å². The zero-order chi connectivity index (χ0) is 14.7. The van der Waals surface area contributed by atoms with Crippen molar-refractivity contribution in [3.8, 4) is 0 Å². The highest BCUT2D eigenvalue weighted by atomic mass is 16.2. The van der Waals surface area contributed by atoms with Gasteiger partial charge in [-0.3, -0.25) is 4.79 Å². The van der Waals surface area contributed by atoms with Gasteiger partial charge in [0.15, 0.2) is 0 Å². The summed E-state index contributed by atoms with van der Waals surface area (Å²) in [7, 11) is 1.97. The summed E-state index contributed by atoms with van der Waals surface area (Å²) >= 11 is 0. The average Bonchev–Trinajstić information content (AvgIpc) is 2.96. The molecule has 1 N–H and O–H groups in total. The molecule has 1 aliphatic rings. The lowest BCUT2D eigenvalue weighted by Gasteiger charge is -2.16. The molecular weight excluding hydrogens is 260 g/mol. The van der Waals surface area contributed by atoms with Crippen LogP contribution in [0, 0.1) is 5.92 Å². The van der Waals surface area contributed by atoms with Crippen LogP contribution in [0.25, 0.3) is 10.8 Å². The second kappa shape index (κ2) is 6.27. The van der Waals surface area contributed by atoms with Crippen LogP contribution in [0.1, 0.15) is 12.0 Å². The van der Waals surface area contributed by atoms with E-state index in [2.05, 4.69) is 35.6 Å². The highest BCUT2D eigenvalue weighted by molar-refractivity contribution is 5.85. The van der Waals surface area contributed by atoms with Gasteiger partial charge in [-0.2, -0.15) is 0 Å². The van der Waals surface area contributed by atoms with Gasteiger partial charge in [0.1, 0.15) is 0 Å². The van der Waals surface area contributed by atoms with Gasteiger partial charge in [0, 0.05) is 13.1 Å². The number of hydrogen-bond acceptors (Lipinski definition) is 2. The number of fused-ring (bicyclic) bond motifs is 1. The summed E-state index contributed by atoms with van der Waals surface area (Å²) in [5.41, 5.74) is 1.11. The van der Waals surface area contributed by atoms with Crippen molar-refractivity contribution in [2.45, 2.75) is 12.8 Å². The van der Waals surface area contributed by atoms with Crippen LogP contribution >= 0.6 is 0 Å². The highest BCUT2D eigenvalue weighted by Crippen LogP contribution is 2.19. The van der Waals surface area contributed by atoms with Crippen LogP contribution in [0.3, 0.4) is 0 Å². The molecule has 21 heavy (non-hydrogen) atoms. The Morgan fingerprint density at radius 1 is 1.24 bits per heavy atom. The molecule has 1 aliphatic heterocycles. The Morgan fingerprint density at radius 3 is 2.86 bits per heavy atom. The summed E-state index contributed by atoms with van der Waals surface area (Å²) < 4.78 is 0. The van der Waals surface area contributed by atoms with Gasteiger partial charge in [0.25, 0.3) is 0 Å². The maximum Gasteiger partial charge on any atom is 0.226 e. The van der Waals surface area contributed by atoms with Crippen LogP contribution < -0.4 is 5.32 Å². The normalized spacial score (nSPS) is 18.3. The Balaban J connectivity index is 1.66. The lowest BCUT2D eigenvalue weighted by molar-refractivity contribution is -0.129. The Bertz CT molecular complexity index is 638. The molecule has 1 amide bonds. The van der Waals surface area contributed by atoms with Gasteiger partial charge >= 0.3 is 0 Å². The molecule has 0 spiro atoms. The van der Waals surface area contributed by atoms with Crippen LogP contribution in [0.15, 0.2) is 42.5 Å². The first-order valence-corrected chi connectivity index (χ1v) is 7.66. The van der Waals surface area contributed by atoms with E-state index in [0.717, 1.165) is 31.6 Å². The zero-order valence-corrected chi connectivity index (χ0v) is 12.5. The van der Waals surface area contributed by atoms with E-state index in [1.807, 2.05) is 24.1 Å². The zero-order valence-electron chi connectivity index (χ0n) is 12.5. The van der Waals surface area contributed by atoms with Crippen molar-refractivity contribution >= 4 is 16.7 Å². The Hall–Kier alpha value is -1.87. The summed E-state index contributed by atoms with van der Waals surface area (Å²) in [5.74, 6) is 0.861. The van der Waals surface area contributed by atoms with Crippen LogP contribution in [0.4, 0.5) is 0 Å². The van der Waals surface area contributed by atoms with Gasteiger partial charge in [-0.1, -0.05) is 42.5 Å². The van der Waals surface area contributed by atoms with Crippen molar-refractivity contribution in [3.63, 3.8) is 0 Å². The minimum Gasteiger partial charge on any atom is -0.342 e. The Morgan fingerprint density at radius 2 is 2.05 bits per heavy atom. The van der Waals surface area contributed by atoms with Crippen LogP contribution in [0.2, 0.25) is 0 Å². The molecule has 1 unspecified atom stereocenters. The molecular formula is C18H22N2O. The standard InChI is InChI=1S/C18H22N2O/c1-19-12-15-8-9-20(13-15)18(21)11-14-6-7-16-4-2-3-5-17(16)10-14/h2-7,10,15,19H,8-9,11-13H2,1H3. The van der Waals surface area contributed by atoms with Crippen molar-refractivity contribution < 1.29 is 4.79 Å². The maximum atomic E-state index is 12.4. The number of amides is 1. The largest absolute Gasteiger partial charge is 0.342 e. The summed E-state index contributed by atoms with van der Waals surface area (Å²) in [5, 5.41) is 5.63. The summed E-state index contributed by atoms with van der Waals surface area (Å²) in [6, 6.07) is 14.6. The average molecular weight is 282 g/mol. The molecule has 3 rings (SSSR count). The van der Waals surface area contributed by atoms with E-state index in [9.17, 15) is 4.79 Å². The molecule has 1 atom stereocenters. The van der Waals surface area contributed by atoms with Gasteiger partial charge in [0.05, 0.1) is 6.42 Å². The number of carbonyl (C=O) groups excluding carboxylic acids is 1. The van der Waals surface area contributed by atoms with E-state index >= 15 is 0 Å². The van der Waals surface area contributed by atoms with Crippen LogP contribution in [-0.4, -0.2) is 37.5 Å². The van der Waals surface area contributed by atoms with E-state index in [1.54, 1.807) is 0 Å². The number of hydrogen-bond donors (Lipinski definition) is 1. The highest BCUT2D eigenvalue weighted by Gasteiger charge is 2.25. The van der Waals surface area contributed by atoms with Crippen LogP contribution in [0.5, 0.6) is 0 Å². The SMILES string of the molecule is CNCC1CCN(C(=O)Cc2ccc3ccccc3c2)C1. The fraction of sp³-hybridized carbons (Fsp3) is 0.389. The summed E-state index contributed by atoms with van der Waals surface area (Å²) in [4.78, 5) is 14.4. The number of rotatable bonds is 4. The fourth-order valence-corrected chi connectivity index (χ4v) is 3.15. The lowest BCUT2D eigenvalue weighted by atomic mass is 10.0. The Labute approximate surface area is 125 Å². The molecule has 1 fully saturated rings. The third kappa shape index (κ3) is 3.24. The third-order valence-electron chi connectivity index (χ3n) is 4.30. The summed E-state index contributed by atoms with van der Waals surface area (Å²) in [6.07, 6.45) is 1.63. The quantitative estimate of drug-likeness (QED) is 0.934. The van der Waals surface area contributed by atoms with Crippen molar-refractivity contribution in [1.29, 1.82) is 0 Å². The second-order valence-electron chi connectivity index (χ2n) is 5.91. The smallest absolute Gasteiger partial charge is 0.226 e. The van der Waals surface area contributed by atoms with Gasteiger partial charge in [-0.05, 0) is 42.3 Å². The number of nitrogens with zero attached hydrogens (tertiary/aromatic N) is 1. The number of nitrogens with one attached hydrogen (secondary N) is 1. The Kier molecular flexibility index (Phi) is 4.20. The number of likely N-dealkylation sites (tertiary alicyclic amines) is 1. The van der Waals surface area contributed by atoms with E-state index in [-0.39, 0.29) is 5.91 Å². The van der Waals surface area contributed by atoms with Crippen molar-refractivity contribution in [2.75, 3.05) is 26.7 Å². The maximum absolute atomic E-state index is 12.4. The second-order valence-corrected chi connectivity index (χ2v) is 5.91.